The zero-order valence-electron chi connectivity index (χ0n) is 15.3. The van der Waals surface area contributed by atoms with Crippen LogP contribution in [0.1, 0.15) is 49.4 Å². The van der Waals surface area contributed by atoms with Gasteiger partial charge in [0.15, 0.2) is 0 Å². The molecule has 0 fully saturated rings. The molecule has 1 amide bonds. The number of hydrogen-bond donors (Lipinski definition) is 2. The molecule has 6 heteroatoms. The molecule has 2 aromatic heterocycles. The number of fused-ring (bicyclic) bond motifs is 1. The first-order valence-electron chi connectivity index (χ1n) is 8.97. The summed E-state index contributed by atoms with van der Waals surface area (Å²) in [4.78, 5) is 25.1. The van der Waals surface area contributed by atoms with E-state index < -0.39 is 0 Å². The molecule has 3 aromatic rings. The molecule has 0 bridgehead atoms. The molecule has 26 heavy (non-hydrogen) atoms. The van der Waals surface area contributed by atoms with Gasteiger partial charge >= 0.3 is 0 Å². The number of hydrogen-bond acceptors (Lipinski definition) is 4. The maximum Gasteiger partial charge on any atom is 0.257 e. The molecule has 0 radical (unpaired) electrons. The summed E-state index contributed by atoms with van der Waals surface area (Å²) in [5.74, 6) is 1.11. The number of carbonyl (C=O) groups excluding carboxylic acids is 1. The average molecular weight is 352 g/mol. The minimum absolute atomic E-state index is 0.215. The zero-order chi connectivity index (χ0) is 18.5. The highest BCUT2D eigenvalue weighted by atomic mass is 16.5. The highest BCUT2D eigenvalue weighted by Gasteiger charge is 2.25. The predicted octanol–water partition coefficient (Wildman–Crippen LogP) is 3.87. The number of nitrogens with zero attached hydrogens (tertiary/aromatic N) is 2. The van der Waals surface area contributed by atoms with E-state index in [-0.39, 0.29) is 17.9 Å². The Morgan fingerprint density at radius 1 is 1.23 bits per heavy atom. The number of carbonyl (C=O) groups is 1. The lowest BCUT2D eigenvalue weighted by atomic mass is 9.98. The summed E-state index contributed by atoms with van der Waals surface area (Å²) in [5, 5.41) is 3.11. The highest BCUT2D eigenvalue weighted by molar-refractivity contribution is 5.96. The Bertz CT molecular complexity index is 857. The Morgan fingerprint density at radius 2 is 2.04 bits per heavy atom. The summed E-state index contributed by atoms with van der Waals surface area (Å²) in [5.41, 5.74) is 2.28. The first-order chi connectivity index (χ1) is 12.6. The summed E-state index contributed by atoms with van der Waals surface area (Å²) >= 11 is 0. The van der Waals surface area contributed by atoms with Crippen molar-refractivity contribution in [2.45, 2.75) is 33.2 Å². The molecule has 3 rings (SSSR count). The number of para-hydroxylation sites is 2. The second-order valence-electron chi connectivity index (χ2n) is 6.26. The molecule has 1 aromatic carbocycles. The number of ether oxygens (including phenoxy) is 1. The van der Waals surface area contributed by atoms with E-state index >= 15 is 0 Å². The van der Waals surface area contributed by atoms with Crippen molar-refractivity contribution in [2.24, 2.45) is 5.92 Å². The molecule has 136 valence electrons. The van der Waals surface area contributed by atoms with Crippen LogP contribution in [0.2, 0.25) is 0 Å². The molecular formula is C20H24N4O2. The van der Waals surface area contributed by atoms with Gasteiger partial charge in [-0.15, -0.1) is 0 Å². The molecule has 0 aliphatic heterocycles. The molecule has 0 aliphatic rings. The van der Waals surface area contributed by atoms with Crippen LogP contribution in [0.15, 0.2) is 42.6 Å². The third kappa shape index (κ3) is 3.69. The third-order valence-electron chi connectivity index (χ3n) is 4.50. The number of imidazole rings is 1. The van der Waals surface area contributed by atoms with Gasteiger partial charge in [-0.2, -0.15) is 0 Å². The van der Waals surface area contributed by atoms with E-state index in [4.69, 9.17) is 4.74 Å². The van der Waals surface area contributed by atoms with E-state index in [2.05, 4.69) is 34.1 Å². The van der Waals surface area contributed by atoms with Crippen LogP contribution >= 0.6 is 0 Å². The Hall–Kier alpha value is -2.89. The summed E-state index contributed by atoms with van der Waals surface area (Å²) in [7, 11) is 0. The van der Waals surface area contributed by atoms with Gasteiger partial charge in [-0.05, 0) is 37.1 Å². The van der Waals surface area contributed by atoms with Crippen LogP contribution in [-0.4, -0.2) is 27.5 Å². The Morgan fingerprint density at radius 3 is 2.77 bits per heavy atom. The lowest BCUT2D eigenvalue weighted by Gasteiger charge is -2.23. The van der Waals surface area contributed by atoms with Crippen molar-refractivity contribution in [1.29, 1.82) is 0 Å². The number of H-pyrrole nitrogens is 1. The van der Waals surface area contributed by atoms with Crippen LogP contribution in [0.5, 0.6) is 5.88 Å². The van der Waals surface area contributed by atoms with E-state index in [1.165, 1.54) is 0 Å². The SMILES string of the molecule is CCOc1ncccc1C(=O)NC(c1nc2ccccc2[nH]1)C(C)CC. The van der Waals surface area contributed by atoms with Crippen LogP contribution < -0.4 is 10.1 Å². The van der Waals surface area contributed by atoms with E-state index in [1.807, 2.05) is 31.2 Å². The molecule has 0 saturated heterocycles. The Balaban J connectivity index is 1.90. The minimum Gasteiger partial charge on any atom is -0.477 e. The Labute approximate surface area is 153 Å². The quantitative estimate of drug-likeness (QED) is 0.676. The van der Waals surface area contributed by atoms with Gasteiger partial charge in [0.2, 0.25) is 5.88 Å². The highest BCUT2D eigenvalue weighted by Crippen LogP contribution is 2.26. The number of rotatable bonds is 7. The number of benzene rings is 1. The van der Waals surface area contributed by atoms with E-state index in [1.54, 1.807) is 18.3 Å². The van der Waals surface area contributed by atoms with Crippen LogP contribution in [0.4, 0.5) is 0 Å². The zero-order valence-corrected chi connectivity index (χ0v) is 15.3. The van der Waals surface area contributed by atoms with E-state index in [9.17, 15) is 4.79 Å². The molecule has 2 heterocycles. The molecule has 0 saturated carbocycles. The minimum atomic E-state index is -0.227. The summed E-state index contributed by atoms with van der Waals surface area (Å²) < 4.78 is 5.48. The summed E-state index contributed by atoms with van der Waals surface area (Å²) in [6, 6.07) is 11.1. The summed E-state index contributed by atoms with van der Waals surface area (Å²) in [6.45, 7) is 6.52. The number of pyridine rings is 1. The fraction of sp³-hybridized carbons (Fsp3) is 0.350. The lowest BCUT2D eigenvalue weighted by molar-refractivity contribution is 0.0915. The fourth-order valence-corrected chi connectivity index (χ4v) is 2.87. The molecule has 0 aliphatic carbocycles. The van der Waals surface area contributed by atoms with Crippen molar-refractivity contribution in [3.8, 4) is 5.88 Å². The van der Waals surface area contributed by atoms with Crippen LogP contribution in [0, 0.1) is 5.92 Å². The van der Waals surface area contributed by atoms with Crippen molar-refractivity contribution in [3.63, 3.8) is 0 Å². The van der Waals surface area contributed by atoms with E-state index in [0.717, 1.165) is 23.3 Å². The molecule has 6 nitrogen and oxygen atoms in total. The topological polar surface area (TPSA) is 79.9 Å². The monoisotopic (exact) mass is 352 g/mol. The predicted molar refractivity (Wildman–Crippen MR) is 101 cm³/mol. The number of aromatic amines is 1. The fourth-order valence-electron chi connectivity index (χ4n) is 2.87. The standard InChI is InChI=1S/C20H24N4O2/c1-4-13(3)17(18-22-15-10-6-7-11-16(15)23-18)24-19(25)14-9-8-12-21-20(14)26-5-2/h6-13,17H,4-5H2,1-3H3,(H,22,23)(H,24,25). The maximum absolute atomic E-state index is 12.9. The second kappa shape index (κ2) is 7.99. The van der Waals surface area contributed by atoms with Gasteiger partial charge in [-0.3, -0.25) is 4.79 Å². The first-order valence-corrected chi connectivity index (χ1v) is 8.97. The molecule has 2 atom stereocenters. The largest absolute Gasteiger partial charge is 0.477 e. The van der Waals surface area contributed by atoms with Gasteiger partial charge in [0.1, 0.15) is 11.4 Å². The second-order valence-corrected chi connectivity index (χ2v) is 6.26. The van der Waals surface area contributed by atoms with Gasteiger partial charge in [-0.25, -0.2) is 9.97 Å². The van der Waals surface area contributed by atoms with Crippen LogP contribution in [0.3, 0.4) is 0 Å². The number of aromatic nitrogens is 3. The molecular weight excluding hydrogens is 328 g/mol. The third-order valence-corrected chi connectivity index (χ3v) is 4.50. The molecule has 0 spiro atoms. The first kappa shape index (κ1) is 17.9. The van der Waals surface area contributed by atoms with Gasteiger partial charge in [0.25, 0.3) is 5.91 Å². The molecule has 2 N–H and O–H groups in total. The van der Waals surface area contributed by atoms with Crippen LogP contribution in [0.25, 0.3) is 11.0 Å². The van der Waals surface area contributed by atoms with Crippen molar-refractivity contribution < 1.29 is 9.53 Å². The van der Waals surface area contributed by atoms with Crippen molar-refractivity contribution in [3.05, 3.63) is 54.0 Å². The number of amides is 1. The lowest BCUT2D eigenvalue weighted by Crippen LogP contribution is -2.33. The average Bonchev–Trinajstić information content (AvgIpc) is 3.09. The summed E-state index contributed by atoms with van der Waals surface area (Å²) in [6.07, 6.45) is 2.53. The number of nitrogens with one attached hydrogen (secondary N) is 2. The van der Waals surface area contributed by atoms with Crippen molar-refractivity contribution >= 4 is 16.9 Å². The van der Waals surface area contributed by atoms with Crippen molar-refractivity contribution in [2.75, 3.05) is 6.61 Å². The van der Waals surface area contributed by atoms with Gasteiger partial charge < -0.3 is 15.0 Å². The van der Waals surface area contributed by atoms with Crippen LogP contribution in [-0.2, 0) is 0 Å². The van der Waals surface area contributed by atoms with Crippen molar-refractivity contribution in [1.82, 2.24) is 20.3 Å². The smallest absolute Gasteiger partial charge is 0.257 e. The normalized spacial score (nSPS) is 13.3. The molecule has 2 unspecified atom stereocenters. The van der Waals surface area contributed by atoms with Gasteiger partial charge in [-0.1, -0.05) is 32.4 Å². The maximum atomic E-state index is 12.9. The van der Waals surface area contributed by atoms with Gasteiger partial charge in [0, 0.05) is 6.20 Å². The van der Waals surface area contributed by atoms with E-state index in [0.29, 0.717) is 18.1 Å². The Kier molecular flexibility index (Phi) is 5.51. The van der Waals surface area contributed by atoms with Gasteiger partial charge in [0.05, 0.1) is 23.7 Å².